The predicted octanol–water partition coefficient (Wildman–Crippen LogP) is 8.63. The van der Waals surface area contributed by atoms with Crippen molar-refractivity contribution in [2.24, 2.45) is 10.8 Å². The largest absolute Gasteiger partial charge is 0.294 e. The molecule has 28 heavy (non-hydrogen) atoms. The molecule has 2 aromatic carbocycles. The van der Waals surface area contributed by atoms with E-state index in [4.69, 9.17) is 0 Å². The molecule has 1 heteroatoms. The summed E-state index contributed by atoms with van der Waals surface area (Å²) in [6.07, 6.45) is 1.77. The summed E-state index contributed by atoms with van der Waals surface area (Å²) in [5.41, 5.74) is 2.73. The first-order valence-electron chi connectivity index (χ1n) is 10.7. The molecule has 0 aliphatic rings. The highest BCUT2D eigenvalue weighted by Gasteiger charge is 2.16. The Labute approximate surface area is 175 Å². The summed E-state index contributed by atoms with van der Waals surface area (Å²) in [5, 5.41) is 0. The van der Waals surface area contributed by atoms with Gasteiger partial charge < -0.3 is 0 Å². The fraction of sp³-hybridized carbons (Fsp3) is 0.519. The van der Waals surface area contributed by atoms with Gasteiger partial charge in [0.15, 0.2) is 5.78 Å². The molecule has 158 valence electrons. The van der Waals surface area contributed by atoms with E-state index in [0.29, 0.717) is 11.8 Å². The van der Waals surface area contributed by atoms with Gasteiger partial charge in [0.05, 0.1) is 0 Å². The minimum Gasteiger partial charge on any atom is -0.294 e. The van der Waals surface area contributed by atoms with Crippen molar-refractivity contribution < 1.29 is 4.79 Å². The predicted molar refractivity (Wildman–Crippen MR) is 127 cm³/mol. The maximum atomic E-state index is 11.7. The summed E-state index contributed by atoms with van der Waals surface area (Å²) in [7, 11) is 0. The van der Waals surface area contributed by atoms with Gasteiger partial charge in [0.1, 0.15) is 0 Å². The van der Waals surface area contributed by atoms with E-state index in [1.54, 1.807) is 0 Å². The molecule has 0 saturated carbocycles. The smallest absolute Gasteiger partial charge is 0.163 e. The molecule has 0 radical (unpaired) electrons. The third kappa shape index (κ3) is 16.3. The first kappa shape index (κ1) is 28.3. The van der Waals surface area contributed by atoms with Gasteiger partial charge in [-0.2, -0.15) is 0 Å². The molecule has 0 aliphatic carbocycles. The fourth-order valence-corrected chi connectivity index (χ4v) is 2.42. The molecule has 0 heterocycles. The summed E-state index contributed by atoms with van der Waals surface area (Å²) in [6, 6.07) is 20.1. The molecule has 0 spiro atoms. The van der Waals surface area contributed by atoms with Crippen LogP contribution in [0.1, 0.15) is 91.6 Å². The second kappa shape index (κ2) is 15.1. The zero-order valence-electron chi connectivity index (χ0n) is 20.1. The maximum absolute atomic E-state index is 11.7. The van der Waals surface area contributed by atoms with Crippen LogP contribution in [0, 0.1) is 10.8 Å². The van der Waals surface area contributed by atoms with E-state index in [1.165, 1.54) is 5.56 Å². The minimum atomic E-state index is 0.0763. The lowest BCUT2D eigenvalue weighted by Gasteiger charge is -2.17. The van der Waals surface area contributed by atoms with Gasteiger partial charge >= 0.3 is 0 Å². The van der Waals surface area contributed by atoms with E-state index < -0.39 is 0 Å². The first-order valence-corrected chi connectivity index (χ1v) is 10.7. The Kier molecular flexibility index (Phi) is 15.3. The first-order chi connectivity index (χ1) is 13.1. The van der Waals surface area contributed by atoms with Crippen molar-refractivity contribution in [1.82, 2.24) is 0 Å². The van der Waals surface area contributed by atoms with Crippen molar-refractivity contribution in [2.45, 2.75) is 82.1 Å². The lowest BCUT2D eigenvalue weighted by Crippen LogP contribution is -2.12. The van der Waals surface area contributed by atoms with Gasteiger partial charge in [0.2, 0.25) is 0 Å². The average molecular weight is 385 g/mol. The third-order valence-corrected chi connectivity index (χ3v) is 3.36. The van der Waals surface area contributed by atoms with Gasteiger partial charge in [0, 0.05) is 12.0 Å². The molecule has 0 fully saturated rings. The number of hydrogen-bond acceptors (Lipinski definition) is 1. The van der Waals surface area contributed by atoms with Gasteiger partial charge in [-0.25, -0.2) is 0 Å². The van der Waals surface area contributed by atoms with E-state index in [2.05, 4.69) is 71.9 Å². The van der Waals surface area contributed by atoms with Crippen LogP contribution in [0.4, 0.5) is 0 Å². The molecule has 0 N–H and O–H groups in total. The quantitative estimate of drug-likeness (QED) is 0.484. The topological polar surface area (TPSA) is 17.1 Å². The van der Waals surface area contributed by atoms with Crippen LogP contribution in [0.25, 0.3) is 0 Å². The second-order valence-electron chi connectivity index (χ2n) is 8.75. The molecule has 2 rings (SSSR count). The summed E-state index contributed by atoms with van der Waals surface area (Å²) in [5.74, 6) is 0.230. The lowest BCUT2D eigenvalue weighted by atomic mass is 9.88. The average Bonchev–Trinajstić information content (AvgIpc) is 2.64. The van der Waals surface area contributed by atoms with Crippen molar-refractivity contribution in [3.8, 4) is 0 Å². The number of carbonyl (C=O) groups excluding carboxylic acids is 1. The Bertz CT molecular complexity index is 598. The van der Waals surface area contributed by atoms with Gasteiger partial charge in [-0.05, 0) is 22.8 Å². The number of Topliss-reactive ketones (excluding diaryl/α,β-unsaturated/α-hetero) is 1. The van der Waals surface area contributed by atoms with E-state index in [-0.39, 0.29) is 11.2 Å². The van der Waals surface area contributed by atoms with Crippen LogP contribution < -0.4 is 0 Å². The van der Waals surface area contributed by atoms with Gasteiger partial charge in [0.25, 0.3) is 0 Å². The molecule has 1 nitrogen and oxygen atoms in total. The Hall–Kier alpha value is -1.89. The zero-order chi connectivity index (χ0) is 22.2. The van der Waals surface area contributed by atoms with Crippen LogP contribution in [0.5, 0.6) is 0 Å². The molecule has 0 atom stereocenters. The van der Waals surface area contributed by atoms with E-state index >= 15 is 0 Å². The highest BCUT2D eigenvalue weighted by Crippen LogP contribution is 2.21. The Morgan fingerprint density at radius 3 is 1.39 bits per heavy atom. The highest BCUT2D eigenvalue weighted by molar-refractivity contribution is 5.96. The van der Waals surface area contributed by atoms with Crippen molar-refractivity contribution >= 4 is 5.78 Å². The van der Waals surface area contributed by atoms with Crippen LogP contribution in [0.3, 0.4) is 0 Å². The fourth-order valence-electron chi connectivity index (χ4n) is 2.42. The van der Waals surface area contributed by atoms with Crippen LogP contribution in [-0.2, 0) is 6.42 Å². The summed E-state index contributed by atoms with van der Waals surface area (Å²) >= 11 is 0. The van der Waals surface area contributed by atoms with Gasteiger partial charge in [-0.15, -0.1) is 0 Å². The number of carbonyl (C=O) groups is 1. The minimum absolute atomic E-state index is 0.0763. The van der Waals surface area contributed by atoms with Crippen molar-refractivity contribution in [2.75, 3.05) is 0 Å². The van der Waals surface area contributed by atoms with E-state index in [9.17, 15) is 4.79 Å². The molecular weight excluding hydrogens is 340 g/mol. The monoisotopic (exact) mass is 384 g/mol. The standard InChI is InChI=1S/C12H16O.C11H16.2C2H6/c1-12(2,3)9-11(13)10-7-5-4-6-8-10;1-11(2,3)9-10-7-5-4-6-8-10;2*1-2/h4-8H,9H2,1-3H3;4-8H,9H2,1-3H3;2*1-2H3. The van der Waals surface area contributed by atoms with Crippen LogP contribution >= 0.6 is 0 Å². The molecular formula is C27H44O. The number of hydrogen-bond donors (Lipinski definition) is 0. The lowest BCUT2D eigenvalue weighted by molar-refractivity contribution is 0.0940. The number of ketones is 1. The summed E-state index contributed by atoms with van der Waals surface area (Å²) in [6.45, 7) is 21.0. The SMILES string of the molecule is CC.CC.CC(C)(C)CC(=O)c1ccccc1.CC(C)(C)Cc1ccccc1. The van der Waals surface area contributed by atoms with E-state index in [0.717, 1.165) is 12.0 Å². The zero-order valence-corrected chi connectivity index (χ0v) is 20.1. The molecule has 2 aromatic rings. The van der Waals surface area contributed by atoms with Crippen LogP contribution in [-0.4, -0.2) is 5.78 Å². The summed E-state index contributed by atoms with van der Waals surface area (Å²) < 4.78 is 0. The summed E-state index contributed by atoms with van der Waals surface area (Å²) in [4.78, 5) is 11.7. The number of benzene rings is 2. The van der Waals surface area contributed by atoms with Crippen molar-refractivity contribution in [3.63, 3.8) is 0 Å². The van der Waals surface area contributed by atoms with Crippen molar-refractivity contribution in [1.29, 1.82) is 0 Å². The van der Waals surface area contributed by atoms with Crippen LogP contribution in [0.2, 0.25) is 0 Å². The molecule has 0 aromatic heterocycles. The molecule has 0 amide bonds. The Morgan fingerprint density at radius 2 is 1.04 bits per heavy atom. The number of rotatable bonds is 3. The van der Waals surface area contributed by atoms with Crippen LogP contribution in [0.15, 0.2) is 60.7 Å². The maximum Gasteiger partial charge on any atom is 0.163 e. The molecule has 0 unspecified atom stereocenters. The molecule has 0 aliphatic heterocycles. The molecule has 0 bridgehead atoms. The second-order valence-corrected chi connectivity index (χ2v) is 8.75. The third-order valence-electron chi connectivity index (χ3n) is 3.36. The van der Waals surface area contributed by atoms with Gasteiger partial charge in [-0.1, -0.05) is 130 Å². The molecule has 0 saturated heterocycles. The van der Waals surface area contributed by atoms with Crippen molar-refractivity contribution in [3.05, 3.63) is 71.8 Å². The highest BCUT2D eigenvalue weighted by atomic mass is 16.1. The Balaban J connectivity index is 0. The van der Waals surface area contributed by atoms with E-state index in [1.807, 2.05) is 58.0 Å². The Morgan fingerprint density at radius 1 is 0.643 bits per heavy atom. The normalized spacial score (nSPS) is 10.2. The van der Waals surface area contributed by atoms with Gasteiger partial charge in [-0.3, -0.25) is 4.79 Å².